The Kier molecular flexibility index (Phi) is 5.40. The molecule has 0 spiro atoms. The van der Waals surface area contributed by atoms with Gasteiger partial charge in [-0.15, -0.1) is 0 Å². The molecular formula is C18H16N6O4. The number of aromatic nitrogens is 3. The normalized spacial score (nSPS) is 10.3. The van der Waals surface area contributed by atoms with E-state index in [0.29, 0.717) is 0 Å². The summed E-state index contributed by atoms with van der Waals surface area (Å²) in [5.41, 5.74) is 7.56. The van der Waals surface area contributed by atoms with Crippen molar-refractivity contribution in [2.24, 2.45) is 0 Å². The lowest BCUT2D eigenvalue weighted by molar-refractivity contribution is -0.384. The van der Waals surface area contributed by atoms with Gasteiger partial charge < -0.3 is 15.8 Å². The van der Waals surface area contributed by atoms with Gasteiger partial charge in [-0.25, -0.2) is 4.79 Å². The summed E-state index contributed by atoms with van der Waals surface area (Å²) in [5.74, 6) is -0.295. The van der Waals surface area contributed by atoms with Gasteiger partial charge in [-0.2, -0.15) is 15.0 Å². The highest BCUT2D eigenvalue weighted by molar-refractivity contribution is 5.89. The number of aryl methyl sites for hydroxylation is 1. The third kappa shape index (κ3) is 4.55. The summed E-state index contributed by atoms with van der Waals surface area (Å²) in [6.07, 6.45) is 0. The fraction of sp³-hybridized carbons (Fsp3) is 0.111. The van der Waals surface area contributed by atoms with Crippen molar-refractivity contribution in [3.05, 3.63) is 75.6 Å². The predicted molar refractivity (Wildman–Crippen MR) is 101 cm³/mol. The van der Waals surface area contributed by atoms with Crippen LogP contribution in [0.2, 0.25) is 0 Å². The van der Waals surface area contributed by atoms with Crippen molar-refractivity contribution < 1.29 is 14.5 Å². The Hall–Kier alpha value is -4.08. The number of rotatable bonds is 6. The van der Waals surface area contributed by atoms with Crippen LogP contribution in [-0.4, -0.2) is 25.8 Å². The van der Waals surface area contributed by atoms with E-state index >= 15 is 0 Å². The van der Waals surface area contributed by atoms with Crippen LogP contribution in [0.1, 0.15) is 21.7 Å². The number of nitrogens with two attached hydrogens (primary N) is 1. The van der Waals surface area contributed by atoms with E-state index in [-0.39, 0.29) is 35.6 Å². The summed E-state index contributed by atoms with van der Waals surface area (Å²) < 4.78 is 5.15. The molecule has 0 aliphatic heterocycles. The van der Waals surface area contributed by atoms with E-state index in [1.807, 2.05) is 31.2 Å². The molecule has 0 aliphatic rings. The maximum Gasteiger partial charge on any atom is 0.338 e. The average molecular weight is 380 g/mol. The van der Waals surface area contributed by atoms with Crippen LogP contribution in [0.15, 0.2) is 48.5 Å². The smallest absolute Gasteiger partial charge is 0.338 e. The Labute approximate surface area is 159 Å². The minimum atomic E-state index is -0.665. The molecular weight excluding hydrogens is 364 g/mol. The van der Waals surface area contributed by atoms with Gasteiger partial charge in [-0.1, -0.05) is 18.2 Å². The van der Waals surface area contributed by atoms with Crippen molar-refractivity contribution in [2.45, 2.75) is 13.5 Å². The number of esters is 1. The molecule has 0 amide bonds. The number of nitrogens with one attached hydrogen (secondary N) is 1. The molecule has 3 N–H and O–H groups in total. The molecule has 0 radical (unpaired) electrons. The van der Waals surface area contributed by atoms with Crippen LogP contribution in [-0.2, 0) is 11.3 Å². The molecule has 0 bridgehead atoms. The maximum absolute atomic E-state index is 12.1. The Morgan fingerprint density at radius 2 is 1.86 bits per heavy atom. The monoisotopic (exact) mass is 380 g/mol. The second-order valence-electron chi connectivity index (χ2n) is 5.75. The topological polar surface area (TPSA) is 146 Å². The Balaban J connectivity index is 1.68. The zero-order valence-electron chi connectivity index (χ0n) is 14.8. The Morgan fingerprint density at radius 1 is 1.14 bits per heavy atom. The number of nitro benzene ring substituents is 1. The number of anilines is 3. The molecule has 3 aromatic rings. The van der Waals surface area contributed by atoms with Gasteiger partial charge >= 0.3 is 5.97 Å². The van der Waals surface area contributed by atoms with Gasteiger partial charge in [0.15, 0.2) is 12.4 Å². The fourth-order valence-electron chi connectivity index (χ4n) is 2.32. The number of nitrogens with zero attached hydrogens (tertiary/aromatic N) is 4. The second-order valence-corrected chi connectivity index (χ2v) is 5.75. The highest BCUT2D eigenvalue weighted by Crippen LogP contribution is 2.18. The molecule has 0 saturated heterocycles. The van der Waals surface area contributed by atoms with Crippen molar-refractivity contribution in [1.29, 1.82) is 0 Å². The van der Waals surface area contributed by atoms with E-state index in [2.05, 4.69) is 20.3 Å². The standard InChI is InChI=1S/C18H16N6O4/c1-11-4-2-3-5-14(11)20-18-22-15(21-17(19)23-18)10-28-16(25)12-6-8-13(9-7-12)24(26)27/h2-9H,10H2,1H3,(H3,19,20,21,22,23). The van der Waals surface area contributed by atoms with E-state index in [9.17, 15) is 14.9 Å². The highest BCUT2D eigenvalue weighted by atomic mass is 16.6. The molecule has 142 valence electrons. The molecule has 10 heteroatoms. The number of carbonyl (C=O) groups excluding carboxylic acids is 1. The van der Waals surface area contributed by atoms with Crippen molar-refractivity contribution in [2.75, 3.05) is 11.1 Å². The van der Waals surface area contributed by atoms with Gasteiger partial charge in [0, 0.05) is 17.8 Å². The SMILES string of the molecule is Cc1ccccc1Nc1nc(N)nc(COC(=O)c2ccc([N+](=O)[O-])cc2)n1. The van der Waals surface area contributed by atoms with Gasteiger partial charge in [-0.3, -0.25) is 10.1 Å². The van der Waals surface area contributed by atoms with Crippen LogP contribution in [0.4, 0.5) is 23.3 Å². The van der Waals surface area contributed by atoms with Crippen molar-refractivity contribution in [3.8, 4) is 0 Å². The van der Waals surface area contributed by atoms with Crippen LogP contribution in [0, 0.1) is 17.0 Å². The lowest BCUT2D eigenvalue weighted by Crippen LogP contribution is -2.11. The quantitative estimate of drug-likeness (QED) is 0.374. The van der Waals surface area contributed by atoms with E-state index in [0.717, 1.165) is 11.3 Å². The van der Waals surface area contributed by atoms with Crippen molar-refractivity contribution >= 4 is 29.2 Å². The lowest BCUT2D eigenvalue weighted by atomic mass is 10.2. The predicted octanol–water partition coefficient (Wildman–Crippen LogP) is 2.77. The molecule has 2 aromatic carbocycles. The van der Waals surface area contributed by atoms with Crippen LogP contribution >= 0.6 is 0 Å². The van der Waals surface area contributed by atoms with Gasteiger partial charge in [0.05, 0.1) is 10.5 Å². The summed E-state index contributed by atoms with van der Waals surface area (Å²) in [5, 5.41) is 13.7. The second kappa shape index (κ2) is 8.08. The Bertz CT molecular complexity index is 1020. The van der Waals surface area contributed by atoms with Crippen LogP contribution in [0.5, 0.6) is 0 Å². The third-order valence-corrected chi connectivity index (χ3v) is 3.74. The zero-order valence-corrected chi connectivity index (χ0v) is 14.8. The number of non-ortho nitro benzene ring substituents is 1. The highest BCUT2D eigenvalue weighted by Gasteiger charge is 2.13. The van der Waals surface area contributed by atoms with Gasteiger partial charge in [0.2, 0.25) is 11.9 Å². The number of para-hydroxylation sites is 1. The maximum atomic E-state index is 12.1. The minimum absolute atomic E-state index is 0.0209. The summed E-state index contributed by atoms with van der Waals surface area (Å²) in [6, 6.07) is 12.6. The van der Waals surface area contributed by atoms with Crippen LogP contribution in [0.3, 0.4) is 0 Å². The van der Waals surface area contributed by atoms with Crippen LogP contribution < -0.4 is 11.1 Å². The largest absolute Gasteiger partial charge is 0.454 e. The fourth-order valence-corrected chi connectivity index (χ4v) is 2.32. The molecule has 0 unspecified atom stereocenters. The van der Waals surface area contributed by atoms with E-state index < -0.39 is 10.9 Å². The number of ether oxygens (including phenoxy) is 1. The molecule has 0 atom stereocenters. The number of hydrogen-bond donors (Lipinski definition) is 2. The first kappa shape index (κ1) is 18.7. The number of nitro groups is 1. The Morgan fingerprint density at radius 3 is 2.54 bits per heavy atom. The zero-order chi connectivity index (χ0) is 20.1. The number of hydrogen-bond acceptors (Lipinski definition) is 9. The molecule has 0 fully saturated rings. The van der Waals surface area contributed by atoms with E-state index in [1.54, 1.807) is 0 Å². The van der Waals surface area contributed by atoms with Gasteiger partial charge in [-0.05, 0) is 30.7 Å². The number of carbonyl (C=O) groups is 1. The summed E-state index contributed by atoms with van der Waals surface area (Å²) in [6.45, 7) is 1.70. The van der Waals surface area contributed by atoms with Crippen molar-refractivity contribution in [1.82, 2.24) is 15.0 Å². The number of nitrogen functional groups attached to an aromatic ring is 1. The summed E-state index contributed by atoms with van der Waals surface area (Å²) >= 11 is 0. The first-order valence-corrected chi connectivity index (χ1v) is 8.17. The minimum Gasteiger partial charge on any atom is -0.454 e. The lowest BCUT2D eigenvalue weighted by Gasteiger charge is -2.09. The first-order valence-electron chi connectivity index (χ1n) is 8.17. The molecule has 28 heavy (non-hydrogen) atoms. The third-order valence-electron chi connectivity index (χ3n) is 3.74. The molecule has 3 rings (SSSR count). The van der Waals surface area contributed by atoms with Crippen LogP contribution in [0.25, 0.3) is 0 Å². The van der Waals surface area contributed by atoms with E-state index in [4.69, 9.17) is 10.5 Å². The molecule has 10 nitrogen and oxygen atoms in total. The summed E-state index contributed by atoms with van der Waals surface area (Å²) in [4.78, 5) is 34.4. The van der Waals surface area contributed by atoms with Gasteiger partial charge in [0.25, 0.3) is 5.69 Å². The average Bonchev–Trinajstić information content (AvgIpc) is 2.67. The molecule has 1 heterocycles. The van der Waals surface area contributed by atoms with Gasteiger partial charge in [0.1, 0.15) is 0 Å². The first-order chi connectivity index (χ1) is 13.4. The number of benzene rings is 2. The molecule has 0 saturated carbocycles. The summed E-state index contributed by atoms with van der Waals surface area (Å²) in [7, 11) is 0. The van der Waals surface area contributed by atoms with E-state index in [1.165, 1.54) is 24.3 Å². The molecule has 0 aliphatic carbocycles. The molecule has 1 aromatic heterocycles. The van der Waals surface area contributed by atoms with Crippen molar-refractivity contribution in [3.63, 3.8) is 0 Å².